The zero-order valence-corrected chi connectivity index (χ0v) is 10.5. The Hall–Kier alpha value is -0.770. The van der Waals surface area contributed by atoms with E-state index in [1.807, 2.05) is 18.2 Å². The summed E-state index contributed by atoms with van der Waals surface area (Å²) >= 11 is 17.2. The van der Waals surface area contributed by atoms with E-state index in [2.05, 4.69) is 9.97 Å². The maximum atomic E-state index is 5.74. The first-order valence-corrected chi connectivity index (χ1v) is 5.53. The number of ether oxygens (including phenoxy) is 1. The molecule has 16 heavy (non-hydrogen) atoms. The lowest BCUT2D eigenvalue weighted by atomic mass is 10.2. The normalized spacial score (nSPS) is 11.8. The molecule has 0 aliphatic heterocycles. The zero-order valence-electron chi connectivity index (χ0n) is 8.25. The van der Waals surface area contributed by atoms with Crippen LogP contribution in [-0.2, 0) is 3.79 Å². The van der Waals surface area contributed by atoms with Crippen molar-refractivity contribution in [3.8, 4) is 5.88 Å². The Kier molecular flexibility index (Phi) is 3.10. The van der Waals surface area contributed by atoms with Gasteiger partial charge in [0.25, 0.3) is 0 Å². The minimum absolute atomic E-state index is 0.105. The van der Waals surface area contributed by atoms with Crippen molar-refractivity contribution < 1.29 is 4.74 Å². The fourth-order valence-electron chi connectivity index (χ4n) is 1.33. The van der Waals surface area contributed by atoms with Crippen molar-refractivity contribution >= 4 is 45.7 Å². The SMILES string of the molecule is COc1nc(C(Cl)(Cl)Cl)nc2ccccc12. The number of aromatic nitrogens is 2. The Labute approximate surface area is 107 Å². The van der Waals surface area contributed by atoms with Gasteiger partial charge in [-0.1, -0.05) is 46.9 Å². The van der Waals surface area contributed by atoms with Crippen molar-refractivity contribution in [2.24, 2.45) is 0 Å². The van der Waals surface area contributed by atoms with Crippen molar-refractivity contribution in [2.45, 2.75) is 3.79 Å². The number of hydrogen-bond donors (Lipinski definition) is 0. The van der Waals surface area contributed by atoms with Gasteiger partial charge in [-0.2, -0.15) is 4.98 Å². The van der Waals surface area contributed by atoms with Gasteiger partial charge in [0.1, 0.15) is 0 Å². The first kappa shape index (κ1) is 11.7. The molecule has 3 nitrogen and oxygen atoms in total. The van der Waals surface area contributed by atoms with E-state index in [0.717, 1.165) is 5.39 Å². The largest absolute Gasteiger partial charge is 0.480 e. The van der Waals surface area contributed by atoms with Gasteiger partial charge >= 0.3 is 0 Å². The molecule has 0 spiro atoms. The maximum Gasteiger partial charge on any atom is 0.250 e. The van der Waals surface area contributed by atoms with Gasteiger partial charge in [0.05, 0.1) is 18.0 Å². The molecule has 0 N–H and O–H groups in total. The summed E-state index contributed by atoms with van der Waals surface area (Å²) in [7, 11) is 1.51. The van der Waals surface area contributed by atoms with Gasteiger partial charge in [0, 0.05) is 0 Å². The second-order valence-electron chi connectivity index (χ2n) is 3.07. The lowest BCUT2D eigenvalue weighted by Gasteiger charge is -2.12. The van der Waals surface area contributed by atoms with Gasteiger partial charge in [0.15, 0.2) is 5.82 Å². The van der Waals surface area contributed by atoms with Crippen molar-refractivity contribution in [2.75, 3.05) is 7.11 Å². The van der Waals surface area contributed by atoms with Crippen molar-refractivity contribution in [3.05, 3.63) is 30.1 Å². The molecular weight excluding hydrogens is 270 g/mol. The highest BCUT2D eigenvalue weighted by atomic mass is 35.6. The Morgan fingerprint density at radius 2 is 1.81 bits per heavy atom. The molecular formula is C10H7Cl3N2O. The Bertz CT molecular complexity index is 525. The summed E-state index contributed by atoms with van der Waals surface area (Å²) in [6, 6.07) is 7.36. The monoisotopic (exact) mass is 276 g/mol. The molecule has 84 valence electrons. The summed E-state index contributed by atoms with van der Waals surface area (Å²) in [4.78, 5) is 8.23. The highest BCUT2D eigenvalue weighted by Crippen LogP contribution is 2.37. The zero-order chi connectivity index (χ0) is 11.8. The van der Waals surface area contributed by atoms with Crippen LogP contribution in [-0.4, -0.2) is 17.1 Å². The minimum atomic E-state index is -1.66. The third-order valence-electron chi connectivity index (χ3n) is 2.02. The van der Waals surface area contributed by atoms with Crippen LogP contribution in [0, 0.1) is 0 Å². The van der Waals surface area contributed by atoms with Crippen LogP contribution in [0.25, 0.3) is 10.9 Å². The fraction of sp³-hybridized carbons (Fsp3) is 0.200. The second-order valence-corrected chi connectivity index (χ2v) is 5.35. The highest BCUT2D eigenvalue weighted by molar-refractivity contribution is 6.66. The summed E-state index contributed by atoms with van der Waals surface area (Å²) in [5.74, 6) is 0.500. The van der Waals surface area contributed by atoms with Gasteiger partial charge in [-0.05, 0) is 12.1 Å². The Balaban J connectivity index is 2.73. The molecule has 2 aromatic rings. The molecule has 1 aromatic carbocycles. The number of halogens is 3. The van der Waals surface area contributed by atoms with E-state index >= 15 is 0 Å². The summed E-state index contributed by atoms with van der Waals surface area (Å²) in [5.41, 5.74) is 0.677. The average molecular weight is 278 g/mol. The van der Waals surface area contributed by atoms with E-state index in [1.165, 1.54) is 7.11 Å². The average Bonchev–Trinajstić information content (AvgIpc) is 2.26. The van der Waals surface area contributed by atoms with E-state index in [0.29, 0.717) is 11.4 Å². The topological polar surface area (TPSA) is 35.0 Å². The van der Waals surface area contributed by atoms with Crippen molar-refractivity contribution in [3.63, 3.8) is 0 Å². The molecule has 0 aliphatic carbocycles. The molecule has 0 radical (unpaired) electrons. The number of hydrogen-bond acceptors (Lipinski definition) is 3. The smallest absolute Gasteiger partial charge is 0.250 e. The third kappa shape index (κ3) is 2.17. The lowest BCUT2D eigenvalue weighted by molar-refractivity contribution is 0.401. The van der Waals surface area contributed by atoms with Crippen molar-refractivity contribution in [1.29, 1.82) is 0 Å². The molecule has 0 aliphatic rings. The van der Waals surface area contributed by atoms with Gasteiger partial charge in [-0.3, -0.25) is 0 Å². The van der Waals surface area contributed by atoms with Crippen LogP contribution in [0.3, 0.4) is 0 Å². The van der Waals surface area contributed by atoms with Crippen LogP contribution < -0.4 is 4.74 Å². The third-order valence-corrected chi connectivity index (χ3v) is 2.52. The van der Waals surface area contributed by atoms with E-state index in [-0.39, 0.29) is 5.82 Å². The first-order chi connectivity index (χ1) is 7.52. The number of fused-ring (bicyclic) bond motifs is 1. The quantitative estimate of drug-likeness (QED) is 0.749. The van der Waals surface area contributed by atoms with Crippen molar-refractivity contribution in [1.82, 2.24) is 9.97 Å². The van der Waals surface area contributed by atoms with Gasteiger partial charge in [-0.15, -0.1) is 0 Å². The van der Waals surface area contributed by atoms with Crippen LogP contribution in [0.5, 0.6) is 5.88 Å². The molecule has 0 amide bonds. The van der Waals surface area contributed by atoms with Gasteiger partial charge in [0.2, 0.25) is 9.67 Å². The number of benzene rings is 1. The molecule has 2 rings (SSSR count). The molecule has 0 atom stereocenters. The molecule has 0 saturated heterocycles. The molecule has 0 saturated carbocycles. The number of nitrogens with zero attached hydrogens (tertiary/aromatic N) is 2. The Morgan fingerprint density at radius 1 is 1.12 bits per heavy atom. The van der Waals surface area contributed by atoms with E-state index in [1.54, 1.807) is 6.07 Å². The van der Waals surface area contributed by atoms with Crippen LogP contribution in [0.1, 0.15) is 5.82 Å². The van der Waals surface area contributed by atoms with Crippen LogP contribution in [0.4, 0.5) is 0 Å². The second kappa shape index (κ2) is 4.24. The summed E-state index contributed by atoms with van der Waals surface area (Å²) in [6.45, 7) is 0. The summed E-state index contributed by atoms with van der Waals surface area (Å²) < 4.78 is 3.48. The van der Waals surface area contributed by atoms with Crippen LogP contribution in [0.2, 0.25) is 0 Å². The number of methoxy groups -OCH3 is 1. The molecule has 1 aromatic heterocycles. The first-order valence-electron chi connectivity index (χ1n) is 4.40. The molecule has 0 unspecified atom stereocenters. The van der Waals surface area contributed by atoms with E-state index in [4.69, 9.17) is 39.5 Å². The lowest BCUT2D eigenvalue weighted by Crippen LogP contribution is -2.08. The minimum Gasteiger partial charge on any atom is -0.480 e. The molecule has 6 heteroatoms. The summed E-state index contributed by atoms with van der Waals surface area (Å²) in [6.07, 6.45) is 0. The van der Waals surface area contributed by atoms with Crippen LogP contribution in [0.15, 0.2) is 24.3 Å². The van der Waals surface area contributed by atoms with Gasteiger partial charge < -0.3 is 4.74 Å². The van der Waals surface area contributed by atoms with E-state index in [9.17, 15) is 0 Å². The number of para-hydroxylation sites is 1. The predicted molar refractivity (Wildman–Crippen MR) is 65.3 cm³/mol. The highest BCUT2D eigenvalue weighted by Gasteiger charge is 2.28. The molecule has 1 heterocycles. The Morgan fingerprint density at radius 3 is 2.44 bits per heavy atom. The van der Waals surface area contributed by atoms with Crippen LogP contribution >= 0.6 is 34.8 Å². The van der Waals surface area contributed by atoms with Gasteiger partial charge in [-0.25, -0.2) is 4.98 Å². The number of rotatable bonds is 1. The maximum absolute atomic E-state index is 5.74. The number of alkyl halides is 3. The van der Waals surface area contributed by atoms with E-state index < -0.39 is 3.79 Å². The predicted octanol–water partition coefficient (Wildman–Crippen LogP) is 3.47. The summed E-state index contributed by atoms with van der Waals surface area (Å²) in [5, 5.41) is 0.781. The molecule has 0 bridgehead atoms. The fourth-order valence-corrected chi connectivity index (χ4v) is 1.58. The standard InChI is InChI=1S/C10H7Cl3N2O/c1-16-8-6-4-2-3-5-7(6)14-9(15-8)10(11,12)13/h2-5H,1H3. The molecule has 0 fully saturated rings.